The van der Waals surface area contributed by atoms with Crippen LogP contribution < -0.4 is 0 Å². The molecule has 7 heteroatoms. The average molecular weight is 388 g/mol. The number of aryl methyl sites for hydroxylation is 1. The lowest BCUT2D eigenvalue weighted by Gasteiger charge is -2.45. The highest BCUT2D eigenvalue weighted by Gasteiger charge is 2.54. The van der Waals surface area contributed by atoms with Gasteiger partial charge in [-0.2, -0.15) is 0 Å². The maximum absolute atomic E-state index is 13.2. The average Bonchev–Trinajstić information content (AvgIpc) is 3.00. The van der Waals surface area contributed by atoms with Crippen molar-refractivity contribution in [2.24, 2.45) is 5.41 Å². The van der Waals surface area contributed by atoms with Crippen molar-refractivity contribution in [3.8, 4) is 0 Å². The summed E-state index contributed by atoms with van der Waals surface area (Å²) in [5, 5.41) is 9.65. The van der Waals surface area contributed by atoms with E-state index in [2.05, 4.69) is 0 Å². The predicted octanol–water partition coefficient (Wildman–Crippen LogP) is 2.29. The molecule has 2 saturated heterocycles. The zero-order chi connectivity index (χ0) is 20.7. The maximum atomic E-state index is 13.2. The Bertz CT molecular complexity index is 773. The summed E-state index contributed by atoms with van der Waals surface area (Å²) in [4.78, 5) is 40.8. The Balaban J connectivity index is 1.86. The van der Waals surface area contributed by atoms with Crippen molar-refractivity contribution in [2.75, 3.05) is 19.7 Å². The van der Waals surface area contributed by atoms with Crippen LogP contribution in [0, 0.1) is 12.3 Å². The molecule has 28 heavy (non-hydrogen) atoms. The molecule has 3 rings (SSSR count). The monoisotopic (exact) mass is 388 g/mol. The molecule has 2 aliphatic rings. The summed E-state index contributed by atoms with van der Waals surface area (Å²) in [5.41, 5.74) is -0.00972. The van der Waals surface area contributed by atoms with Crippen LogP contribution >= 0.6 is 0 Å². The first-order valence-corrected chi connectivity index (χ1v) is 9.62. The van der Waals surface area contributed by atoms with E-state index in [4.69, 9.17) is 4.74 Å². The van der Waals surface area contributed by atoms with Crippen molar-refractivity contribution in [1.29, 1.82) is 0 Å². The van der Waals surface area contributed by atoms with Crippen molar-refractivity contribution in [2.45, 2.75) is 52.3 Å². The summed E-state index contributed by atoms with van der Waals surface area (Å²) in [6.45, 7) is 8.37. The van der Waals surface area contributed by atoms with E-state index in [0.29, 0.717) is 31.5 Å². The minimum atomic E-state index is -1.08. The van der Waals surface area contributed by atoms with Gasteiger partial charge < -0.3 is 14.7 Å². The second kappa shape index (κ2) is 7.20. The smallest absolute Gasteiger partial charge is 0.328 e. The number of benzene rings is 1. The first-order valence-electron chi connectivity index (χ1n) is 9.62. The van der Waals surface area contributed by atoms with Crippen LogP contribution in [0.25, 0.3) is 0 Å². The standard InChI is InChI=1S/C21H28N2O5/c1-14-5-7-15(8-6-14)17(24)23-16(18(25)26)13-28-21(23)9-11-22(12-10-21)19(27)20(2,3)4/h5-8,16H,9-13H2,1-4H3,(H,25,26)/t16-/m0/s1. The molecule has 2 fully saturated rings. The van der Waals surface area contributed by atoms with Gasteiger partial charge in [-0.05, 0) is 19.1 Å². The van der Waals surface area contributed by atoms with E-state index in [1.54, 1.807) is 17.0 Å². The number of carbonyl (C=O) groups is 3. The molecule has 0 saturated carbocycles. The maximum Gasteiger partial charge on any atom is 0.328 e. The normalized spacial score (nSPS) is 21.8. The van der Waals surface area contributed by atoms with Gasteiger partial charge in [0.05, 0.1) is 6.61 Å². The second-order valence-corrected chi connectivity index (χ2v) is 8.69. The fraction of sp³-hybridized carbons (Fsp3) is 0.571. The van der Waals surface area contributed by atoms with Crippen LogP contribution in [0.3, 0.4) is 0 Å². The van der Waals surface area contributed by atoms with Crippen LogP contribution in [0.4, 0.5) is 0 Å². The van der Waals surface area contributed by atoms with Crippen molar-refractivity contribution >= 4 is 17.8 Å². The van der Waals surface area contributed by atoms with Crippen molar-refractivity contribution in [3.63, 3.8) is 0 Å². The third kappa shape index (κ3) is 3.63. The third-order valence-corrected chi connectivity index (χ3v) is 5.54. The number of rotatable bonds is 2. The number of piperidine rings is 1. The first kappa shape index (κ1) is 20.3. The number of amides is 2. The molecule has 0 unspecified atom stereocenters. The molecule has 7 nitrogen and oxygen atoms in total. The number of carboxylic acid groups (broad SMARTS) is 1. The van der Waals surface area contributed by atoms with Gasteiger partial charge in [-0.15, -0.1) is 0 Å². The number of ether oxygens (including phenoxy) is 1. The van der Waals surface area contributed by atoms with Crippen LogP contribution in [-0.4, -0.2) is 64.2 Å². The quantitative estimate of drug-likeness (QED) is 0.840. The van der Waals surface area contributed by atoms with E-state index in [9.17, 15) is 19.5 Å². The number of hydrogen-bond acceptors (Lipinski definition) is 4. The Morgan fingerprint density at radius 2 is 1.68 bits per heavy atom. The third-order valence-electron chi connectivity index (χ3n) is 5.54. The number of nitrogens with zero attached hydrogens (tertiary/aromatic N) is 2. The first-order chi connectivity index (χ1) is 13.0. The number of carbonyl (C=O) groups excluding carboxylic acids is 2. The van der Waals surface area contributed by atoms with Gasteiger partial charge in [0.2, 0.25) is 5.91 Å². The van der Waals surface area contributed by atoms with Gasteiger partial charge in [-0.3, -0.25) is 14.5 Å². The molecule has 1 aromatic carbocycles. The van der Waals surface area contributed by atoms with Gasteiger partial charge in [0.1, 0.15) is 5.72 Å². The summed E-state index contributed by atoms with van der Waals surface area (Å²) in [6.07, 6.45) is 0.798. The number of carboxylic acids is 1. The van der Waals surface area contributed by atoms with Gasteiger partial charge in [0.15, 0.2) is 6.04 Å². The highest BCUT2D eigenvalue weighted by molar-refractivity contribution is 5.97. The molecule has 1 aromatic rings. The lowest BCUT2D eigenvalue weighted by Crippen LogP contribution is -2.59. The fourth-order valence-corrected chi connectivity index (χ4v) is 3.92. The lowest BCUT2D eigenvalue weighted by atomic mass is 9.91. The Morgan fingerprint density at radius 3 is 2.18 bits per heavy atom. The van der Waals surface area contributed by atoms with Crippen LogP contribution in [0.2, 0.25) is 0 Å². The van der Waals surface area contributed by atoms with Crippen LogP contribution in [0.1, 0.15) is 49.5 Å². The van der Waals surface area contributed by atoms with E-state index in [1.165, 1.54) is 4.90 Å². The summed E-state index contributed by atoms with van der Waals surface area (Å²) in [5.74, 6) is -1.38. The summed E-state index contributed by atoms with van der Waals surface area (Å²) in [6, 6.07) is 6.05. The molecule has 1 N–H and O–H groups in total. The summed E-state index contributed by atoms with van der Waals surface area (Å²) >= 11 is 0. The van der Waals surface area contributed by atoms with E-state index in [-0.39, 0.29) is 18.4 Å². The molecule has 0 aromatic heterocycles. The van der Waals surface area contributed by atoms with Gasteiger partial charge in [0.25, 0.3) is 5.91 Å². The largest absolute Gasteiger partial charge is 0.480 e. The molecule has 1 spiro atoms. The van der Waals surface area contributed by atoms with E-state index < -0.39 is 23.2 Å². The molecule has 2 aliphatic heterocycles. The molecule has 2 amide bonds. The second-order valence-electron chi connectivity index (χ2n) is 8.69. The van der Waals surface area contributed by atoms with E-state index in [1.807, 2.05) is 39.8 Å². The van der Waals surface area contributed by atoms with Crippen molar-refractivity contribution in [3.05, 3.63) is 35.4 Å². The van der Waals surface area contributed by atoms with Gasteiger partial charge >= 0.3 is 5.97 Å². The Morgan fingerprint density at radius 1 is 1.11 bits per heavy atom. The molecular formula is C21H28N2O5. The van der Waals surface area contributed by atoms with Crippen LogP contribution in [0.15, 0.2) is 24.3 Å². The van der Waals surface area contributed by atoms with Crippen molar-refractivity contribution < 1.29 is 24.2 Å². The molecule has 1 atom stereocenters. The number of likely N-dealkylation sites (tertiary alicyclic amines) is 1. The minimum absolute atomic E-state index is 0.0415. The molecule has 152 valence electrons. The van der Waals surface area contributed by atoms with Crippen LogP contribution in [0.5, 0.6) is 0 Å². The van der Waals surface area contributed by atoms with Gasteiger partial charge in [-0.25, -0.2) is 4.79 Å². The summed E-state index contributed by atoms with van der Waals surface area (Å²) in [7, 11) is 0. The fourth-order valence-electron chi connectivity index (χ4n) is 3.92. The van der Waals surface area contributed by atoms with Gasteiger partial charge in [0, 0.05) is 36.9 Å². The molecular weight excluding hydrogens is 360 g/mol. The minimum Gasteiger partial charge on any atom is -0.480 e. The summed E-state index contributed by atoms with van der Waals surface area (Å²) < 4.78 is 5.93. The topological polar surface area (TPSA) is 87.2 Å². The zero-order valence-corrected chi connectivity index (χ0v) is 16.9. The van der Waals surface area contributed by atoms with E-state index in [0.717, 1.165) is 5.56 Å². The highest BCUT2D eigenvalue weighted by Crippen LogP contribution is 2.39. The van der Waals surface area contributed by atoms with Crippen LogP contribution in [-0.2, 0) is 14.3 Å². The molecule has 0 radical (unpaired) electrons. The SMILES string of the molecule is Cc1ccc(C(=O)N2[C@H](C(=O)O)COC23CCN(C(=O)C(C)(C)C)CC3)cc1. The molecule has 0 aliphatic carbocycles. The number of hydrogen-bond donors (Lipinski definition) is 1. The Hall–Kier alpha value is -2.41. The Kier molecular flexibility index (Phi) is 5.23. The van der Waals surface area contributed by atoms with Crippen molar-refractivity contribution in [1.82, 2.24) is 9.80 Å². The molecule has 2 heterocycles. The number of aliphatic carboxylic acids is 1. The lowest BCUT2D eigenvalue weighted by molar-refractivity contribution is -0.152. The van der Waals surface area contributed by atoms with E-state index >= 15 is 0 Å². The molecule has 0 bridgehead atoms. The highest BCUT2D eigenvalue weighted by atomic mass is 16.5. The zero-order valence-electron chi connectivity index (χ0n) is 16.9. The Labute approximate surface area is 165 Å². The predicted molar refractivity (Wildman–Crippen MR) is 103 cm³/mol. The van der Waals surface area contributed by atoms with Gasteiger partial charge in [-0.1, -0.05) is 38.5 Å².